The molecule has 4 N–H and O–H groups in total. The Morgan fingerprint density at radius 2 is 1.67 bits per heavy atom. The third-order valence-corrected chi connectivity index (χ3v) is 6.65. The predicted molar refractivity (Wildman–Crippen MR) is 162 cm³/mol. The largest absolute Gasteiger partial charge is 0.490 e. The number of benzene rings is 3. The van der Waals surface area contributed by atoms with Crippen molar-refractivity contribution in [3.8, 4) is 11.1 Å². The second-order valence-corrected chi connectivity index (χ2v) is 9.88. The summed E-state index contributed by atoms with van der Waals surface area (Å²) in [4.78, 5) is 29.6. The number of nitrogens with one attached hydrogen (secondary N) is 3. The Kier molecular flexibility index (Phi) is 9.82. The number of carbonyl (C=O) groups excluding carboxylic acids is 1. The van der Waals surface area contributed by atoms with Gasteiger partial charge in [0.15, 0.2) is 0 Å². The van der Waals surface area contributed by atoms with E-state index in [1.54, 1.807) is 12.4 Å². The van der Waals surface area contributed by atoms with Crippen molar-refractivity contribution in [3.63, 3.8) is 0 Å². The zero-order valence-corrected chi connectivity index (χ0v) is 23.6. The highest BCUT2D eigenvalue weighted by Crippen LogP contribution is 2.33. The maximum absolute atomic E-state index is 13.1. The number of aromatic amines is 1. The van der Waals surface area contributed by atoms with Crippen LogP contribution in [0.2, 0.25) is 0 Å². The van der Waals surface area contributed by atoms with Crippen LogP contribution in [-0.2, 0) is 22.4 Å². The number of aryl methyl sites for hydroxylation is 2. The molecule has 0 bridgehead atoms. The van der Waals surface area contributed by atoms with E-state index in [0.717, 1.165) is 63.2 Å². The quantitative estimate of drug-likeness (QED) is 0.147. The molecule has 222 valence electrons. The van der Waals surface area contributed by atoms with Crippen molar-refractivity contribution >= 4 is 39.8 Å². The minimum absolute atomic E-state index is 0.0416. The monoisotopic (exact) mass is 588 g/mol. The molecule has 3 aromatic carbocycles. The van der Waals surface area contributed by atoms with Crippen molar-refractivity contribution in [3.05, 3.63) is 108 Å². The summed E-state index contributed by atoms with van der Waals surface area (Å²) >= 11 is 0. The number of hydrogen-bond acceptors (Lipinski definition) is 4. The van der Waals surface area contributed by atoms with Crippen LogP contribution in [0.4, 0.5) is 30.2 Å². The second kappa shape index (κ2) is 13.7. The minimum Gasteiger partial charge on any atom is -0.475 e. The first kappa shape index (κ1) is 30.8. The van der Waals surface area contributed by atoms with Crippen LogP contribution in [0.5, 0.6) is 0 Å². The van der Waals surface area contributed by atoms with Crippen molar-refractivity contribution in [2.45, 2.75) is 39.3 Å². The lowest BCUT2D eigenvalue weighted by atomic mass is 9.99. The number of anilines is 3. The Balaban J connectivity index is 0.000000541. The minimum atomic E-state index is -5.08. The lowest BCUT2D eigenvalue weighted by molar-refractivity contribution is -0.192. The van der Waals surface area contributed by atoms with Gasteiger partial charge in [0.05, 0.1) is 18.3 Å². The van der Waals surface area contributed by atoms with E-state index in [9.17, 15) is 18.0 Å². The third-order valence-electron chi connectivity index (χ3n) is 6.65. The lowest BCUT2D eigenvalue weighted by Gasteiger charge is -2.15. The Bertz CT molecular complexity index is 1700. The normalized spacial score (nSPS) is 11.0. The number of nitrogens with zero attached hydrogens (tertiary/aromatic N) is 1. The fourth-order valence-corrected chi connectivity index (χ4v) is 4.63. The number of aromatic nitrogens is 2. The topological polar surface area (TPSA) is 107 Å². The Labute approximate surface area is 246 Å². The van der Waals surface area contributed by atoms with Crippen molar-refractivity contribution in [1.29, 1.82) is 0 Å². The summed E-state index contributed by atoms with van der Waals surface area (Å²) in [6.45, 7) is 4.20. The Morgan fingerprint density at radius 1 is 0.953 bits per heavy atom. The molecule has 0 saturated carbocycles. The molecular formula is C33H31F3N4O3. The first-order valence-corrected chi connectivity index (χ1v) is 13.6. The fourth-order valence-electron chi connectivity index (χ4n) is 4.63. The number of pyridine rings is 1. The number of para-hydroxylation sites is 1. The standard InChI is InChI=1S/C31H30N4O.C2HF3O2/c1-3-7-22-11-13-23(14-12-22)28-18-24(15-16-30(28)34-25-8-6-17-32-20-25)35-31(36)19-27-21(2)33-29-10-5-4-9-26(27)29;3-2(4,5)1(6)7/h4-6,8-18,20,33-34H,3,7,19H2,1-2H3,(H,35,36);(H,6,7). The van der Waals surface area contributed by atoms with Crippen LogP contribution < -0.4 is 10.6 Å². The predicted octanol–water partition coefficient (Wildman–Crippen LogP) is 8.05. The Hall–Kier alpha value is -5.12. The van der Waals surface area contributed by atoms with Crippen molar-refractivity contribution in [2.75, 3.05) is 10.6 Å². The first-order chi connectivity index (χ1) is 20.5. The van der Waals surface area contributed by atoms with Crippen LogP contribution in [0, 0.1) is 6.92 Å². The van der Waals surface area contributed by atoms with Crippen LogP contribution in [0.25, 0.3) is 22.0 Å². The molecule has 1 amide bonds. The number of alkyl halides is 3. The van der Waals surface area contributed by atoms with Gasteiger partial charge >= 0.3 is 12.1 Å². The van der Waals surface area contributed by atoms with Gasteiger partial charge in [0.1, 0.15) is 0 Å². The van der Waals surface area contributed by atoms with E-state index in [4.69, 9.17) is 9.90 Å². The summed E-state index contributed by atoms with van der Waals surface area (Å²) in [6, 6.07) is 26.6. The van der Waals surface area contributed by atoms with Crippen molar-refractivity contribution in [1.82, 2.24) is 9.97 Å². The lowest BCUT2D eigenvalue weighted by Crippen LogP contribution is -2.21. The van der Waals surface area contributed by atoms with Gasteiger partial charge in [-0.2, -0.15) is 13.2 Å². The zero-order valence-electron chi connectivity index (χ0n) is 23.6. The van der Waals surface area contributed by atoms with E-state index in [-0.39, 0.29) is 5.91 Å². The number of fused-ring (bicyclic) bond motifs is 1. The number of H-pyrrole nitrogens is 1. The molecule has 2 aromatic heterocycles. The molecule has 0 radical (unpaired) electrons. The average molecular weight is 589 g/mol. The van der Waals surface area contributed by atoms with E-state index in [2.05, 4.69) is 57.9 Å². The number of halogens is 3. The van der Waals surface area contributed by atoms with E-state index >= 15 is 0 Å². The smallest absolute Gasteiger partial charge is 0.475 e. The summed E-state index contributed by atoms with van der Waals surface area (Å²) in [7, 11) is 0. The van der Waals surface area contributed by atoms with Crippen LogP contribution in [0.3, 0.4) is 0 Å². The fraction of sp³-hybridized carbons (Fsp3) is 0.182. The number of aliphatic carboxylic acids is 1. The number of carboxylic acid groups (broad SMARTS) is 1. The van der Waals surface area contributed by atoms with Crippen molar-refractivity contribution < 1.29 is 27.9 Å². The van der Waals surface area contributed by atoms with E-state index < -0.39 is 12.1 Å². The summed E-state index contributed by atoms with van der Waals surface area (Å²) in [5.41, 5.74) is 9.17. The van der Waals surface area contributed by atoms with Gasteiger partial charge in [-0.1, -0.05) is 55.8 Å². The third kappa shape index (κ3) is 8.22. The molecule has 10 heteroatoms. The molecule has 0 unspecified atom stereocenters. The number of carbonyl (C=O) groups is 2. The van der Waals surface area contributed by atoms with E-state index in [1.165, 1.54) is 5.56 Å². The molecule has 0 spiro atoms. The molecule has 5 aromatic rings. The zero-order chi connectivity index (χ0) is 31.0. The maximum atomic E-state index is 13.1. The summed E-state index contributed by atoms with van der Waals surface area (Å²) in [5, 5.41) is 14.8. The number of carboxylic acids is 1. The number of amides is 1. The molecule has 7 nitrogen and oxygen atoms in total. The highest BCUT2D eigenvalue weighted by molar-refractivity contribution is 5.97. The molecule has 0 aliphatic carbocycles. The van der Waals surface area contributed by atoms with Gasteiger partial charge in [0.25, 0.3) is 0 Å². The molecule has 43 heavy (non-hydrogen) atoms. The molecule has 5 rings (SSSR count). The molecule has 0 aliphatic heterocycles. The summed E-state index contributed by atoms with van der Waals surface area (Å²) in [5.74, 6) is -2.80. The van der Waals surface area contributed by atoms with Crippen molar-refractivity contribution in [2.24, 2.45) is 0 Å². The summed E-state index contributed by atoms with van der Waals surface area (Å²) < 4.78 is 31.7. The van der Waals surface area contributed by atoms with Crippen LogP contribution in [0.15, 0.2) is 91.3 Å². The van der Waals surface area contributed by atoms with Crippen LogP contribution >= 0.6 is 0 Å². The van der Waals surface area contributed by atoms with Gasteiger partial charge in [-0.3, -0.25) is 9.78 Å². The maximum Gasteiger partial charge on any atom is 0.490 e. The number of hydrogen-bond donors (Lipinski definition) is 4. The average Bonchev–Trinajstić information content (AvgIpc) is 3.29. The second-order valence-electron chi connectivity index (χ2n) is 9.88. The molecular weight excluding hydrogens is 557 g/mol. The molecule has 2 heterocycles. The number of rotatable bonds is 8. The molecule has 0 saturated heterocycles. The van der Waals surface area contributed by atoms with Gasteiger partial charge in [-0.25, -0.2) is 4.79 Å². The molecule has 0 fully saturated rings. The van der Waals surface area contributed by atoms with Gasteiger partial charge in [0.2, 0.25) is 5.91 Å². The van der Waals surface area contributed by atoms with E-state index in [1.807, 2.05) is 55.5 Å². The Morgan fingerprint density at radius 3 is 2.33 bits per heavy atom. The highest BCUT2D eigenvalue weighted by atomic mass is 19.4. The van der Waals surface area contributed by atoms with Gasteiger partial charge in [-0.05, 0) is 66.4 Å². The highest BCUT2D eigenvalue weighted by Gasteiger charge is 2.38. The SMILES string of the molecule is CCCc1ccc(-c2cc(NC(=O)Cc3c(C)[nH]c4ccccc34)ccc2Nc2cccnc2)cc1.O=C(O)C(F)(F)F. The molecule has 0 aliphatic rings. The van der Waals surface area contributed by atoms with E-state index in [0.29, 0.717) is 6.42 Å². The van der Waals surface area contributed by atoms with Gasteiger partial charge in [-0.15, -0.1) is 0 Å². The molecule has 0 atom stereocenters. The van der Waals surface area contributed by atoms with Crippen LogP contribution in [-0.4, -0.2) is 33.1 Å². The van der Waals surface area contributed by atoms with Crippen LogP contribution in [0.1, 0.15) is 30.2 Å². The van der Waals surface area contributed by atoms with Gasteiger partial charge < -0.3 is 20.7 Å². The van der Waals surface area contributed by atoms with Gasteiger partial charge in [0, 0.05) is 39.7 Å². The first-order valence-electron chi connectivity index (χ1n) is 13.6. The summed E-state index contributed by atoms with van der Waals surface area (Å²) in [6.07, 6.45) is 0.960.